The number of aromatic nitrogens is 10. The lowest BCUT2D eigenvalue weighted by atomic mass is 10.4. The smallest absolute Gasteiger partial charge is 0.337 e. The summed E-state index contributed by atoms with van der Waals surface area (Å²) in [4.78, 5) is 78.9. The van der Waals surface area contributed by atoms with Crippen LogP contribution in [-0.2, 0) is 92.0 Å². The fourth-order valence-corrected chi connectivity index (χ4v) is 31.7. The number of nitrogens with zero attached hydrogens (tertiary/aromatic N) is 10. The lowest BCUT2D eigenvalue weighted by Gasteiger charge is -2.21. The van der Waals surface area contributed by atoms with Crippen LogP contribution in [0.5, 0.6) is 58.8 Å². The summed E-state index contributed by atoms with van der Waals surface area (Å²) in [5.41, 5.74) is -6.14. The van der Waals surface area contributed by atoms with Gasteiger partial charge >= 0.3 is 28.4 Å². The van der Waals surface area contributed by atoms with Gasteiger partial charge in [-0.2, -0.15) is 0 Å². The maximum atomic E-state index is 16.9. The molecular formula is C97H86N10O21P6. The van der Waals surface area contributed by atoms with Gasteiger partial charge in [-0.25, -0.2) is 42.2 Å². The molecule has 134 heavy (non-hydrogen) atoms. The van der Waals surface area contributed by atoms with E-state index in [0.29, 0.717) is 27.4 Å². The van der Waals surface area contributed by atoms with Crippen molar-refractivity contribution >= 4 is 107 Å². The van der Waals surface area contributed by atoms with E-state index >= 15 is 41.8 Å². The van der Waals surface area contributed by atoms with Crippen LogP contribution in [0, 0.1) is 0 Å². The minimum Gasteiger partial charge on any atom is -0.491 e. The molecule has 0 aliphatic heterocycles. The molecule has 31 nitrogen and oxygen atoms in total. The molecular weight excluding hydrogens is 1830 g/mol. The van der Waals surface area contributed by atoms with Crippen LogP contribution in [-0.4, -0.2) is 76.3 Å². The van der Waals surface area contributed by atoms with E-state index in [9.17, 15) is 40.2 Å². The standard InChI is InChI=1S/C97H86N10O21P6/c108-83-85(110)102(65-129(119,71-37-13-1-14-38-71)72-39-15-2-16-40-72)93(114)98(83)61-125-89-87(112)100(95(116)104(89)67-131(121,75-45-21-5-22-46-75)76-47-23-6-24-48-76)63-127-91-92(107(70-134(124,81-57-33-11-34-58-81)82-59-35-12-36-60-82)97(118)106(91)69-133(123,79-53-29-9-30-54-79)80-55-31-10-32-56-80)128-64-101-88(113)90(105(96(101)117)68-132(122,77-49-25-7-26-50-77)78-51-27-8-28-52-78)126-62-99-84(109)86(111)103(94(99)115)66-130(120,73-41-17-3-18-42-73)74-43-19-4-20-44-74/h1-60,108-113H,61-70H2. The zero-order valence-electron chi connectivity index (χ0n) is 71.2. The van der Waals surface area contributed by atoms with E-state index < -0.39 is 195 Å². The second kappa shape index (κ2) is 38.1. The monoisotopic (exact) mass is 1910 g/mol. The maximum absolute atomic E-state index is 16.9. The number of ether oxygens (including phenoxy) is 4. The number of benzene rings is 12. The van der Waals surface area contributed by atoms with E-state index in [4.69, 9.17) is 18.9 Å². The molecule has 0 unspecified atom stereocenters. The summed E-state index contributed by atoms with van der Waals surface area (Å²) < 4.78 is 131. The van der Waals surface area contributed by atoms with Crippen LogP contribution < -0.4 is 111 Å². The van der Waals surface area contributed by atoms with Gasteiger partial charge in [0.15, 0.2) is 69.8 Å². The Labute approximate surface area is 764 Å². The van der Waals surface area contributed by atoms with Gasteiger partial charge < -0.3 is 77.0 Å². The van der Waals surface area contributed by atoms with Gasteiger partial charge in [0.05, 0.1) is 37.7 Å². The third-order valence-corrected chi connectivity index (χ3v) is 40.9. The third-order valence-electron chi connectivity index (χ3n) is 23.2. The summed E-state index contributed by atoms with van der Waals surface area (Å²) in [6.07, 6.45) is -4.88. The molecule has 6 N–H and O–H groups in total. The highest BCUT2D eigenvalue weighted by molar-refractivity contribution is 7.79. The van der Waals surface area contributed by atoms with E-state index in [1.165, 1.54) is 0 Å². The topological polar surface area (TPSA) is 395 Å². The number of imidazole rings is 5. The number of aromatic hydroxyl groups is 6. The summed E-state index contributed by atoms with van der Waals surface area (Å²) in [5.74, 6) is -9.95. The van der Waals surface area contributed by atoms with Crippen molar-refractivity contribution in [2.24, 2.45) is 0 Å². The minimum atomic E-state index is -4.34. The van der Waals surface area contributed by atoms with E-state index in [1.54, 1.807) is 364 Å². The van der Waals surface area contributed by atoms with Crippen molar-refractivity contribution in [2.75, 3.05) is 0 Å². The van der Waals surface area contributed by atoms with Crippen LogP contribution in [0.3, 0.4) is 0 Å². The molecule has 5 aromatic heterocycles. The first-order chi connectivity index (χ1) is 64.8. The molecule has 0 fully saturated rings. The number of rotatable bonds is 36. The van der Waals surface area contributed by atoms with Gasteiger partial charge in [0.2, 0.25) is 0 Å². The van der Waals surface area contributed by atoms with Gasteiger partial charge in [0.25, 0.3) is 58.8 Å². The molecule has 0 atom stereocenters. The molecule has 5 heterocycles. The van der Waals surface area contributed by atoms with Crippen LogP contribution in [0.4, 0.5) is 0 Å². The van der Waals surface area contributed by atoms with Crippen molar-refractivity contribution in [1.29, 1.82) is 0 Å². The van der Waals surface area contributed by atoms with Gasteiger partial charge in [-0.1, -0.05) is 364 Å². The average molecular weight is 1910 g/mol. The molecule has 0 saturated heterocycles. The minimum absolute atomic E-state index is 0.179. The average Bonchev–Trinajstić information content (AvgIpc) is 1.58. The zero-order chi connectivity index (χ0) is 93.7. The molecule has 17 aromatic rings. The normalized spacial score (nSPS) is 12.1. The van der Waals surface area contributed by atoms with E-state index in [1.807, 2.05) is 0 Å². The molecule has 0 saturated carbocycles. The molecule has 680 valence electrons. The van der Waals surface area contributed by atoms with Crippen molar-refractivity contribution in [3.63, 3.8) is 0 Å². The van der Waals surface area contributed by atoms with Crippen molar-refractivity contribution in [1.82, 2.24) is 45.7 Å². The lowest BCUT2D eigenvalue weighted by molar-refractivity contribution is 0.158. The summed E-state index contributed by atoms with van der Waals surface area (Å²) in [7, 11) is -25.0. The molecule has 0 amide bonds. The third kappa shape index (κ3) is 17.2. The van der Waals surface area contributed by atoms with Gasteiger partial charge in [-0.15, -0.1) is 0 Å². The molecule has 0 aliphatic carbocycles. The van der Waals surface area contributed by atoms with Crippen molar-refractivity contribution < 1.29 is 77.0 Å². The predicted molar refractivity (Wildman–Crippen MR) is 515 cm³/mol. The SMILES string of the molecule is O=c1n(COc2c(O)n(COc3c(OCn4c(O)c(OCn5c(O)c(O)n(CP(=O)(c6ccccc6)c6ccccc6)c5=O)n(CP(=O)(c5ccccc5)c5ccccc5)c4=O)n(CP(=O)(c4ccccc4)c4ccccc4)c(=O)n3CP(=O)(c3ccccc3)c3ccccc3)c(=O)n2CP(=O)(c2ccccc2)c2ccccc2)c(O)c(O)n1CP(=O)(c1ccccc1)c1ccccc1. The molecule has 0 bridgehead atoms. The Bertz CT molecular complexity index is 7060. The Hall–Kier alpha value is -14.9. The quantitative estimate of drug-likeness (QED) is 0.0199. The highest BCUT2D eigenvalue weighted by Gasteiger charge is 2.42. The molecule has 17 rings (SSSR count). The largest absolute Gasteiger partial charge is 0.491 e. The summed E-state index contributed by atoms with van der Waals surface area (Å²) in [6, 6.07) is 96.8. The second-order valence-electron chi connectivity index (χ2n) is 31.3. The highest BCUT2D eigenvalue weighted by Crippen LogP contribution is 2.54. The van der Waals surface area contributed by atoms with E-state index in [0.717, 1.165) is 18.3 Å². The fraction of sp³-hybridized carbons (Fsp3) is 0.103. The van der Waals surface area contributed by atoms with Crippen LogP contribution >= 0.6 is 42.9 Å². The predicted octanol–water partition coefficient (Wildman–Crippen LogP) is 10.7. The first kappa shape index (κ1) is 91.0. The zero-order valence-corrected chi connectivity index (χ0v) is 76.5. The van der Waals surface area contributed by atoms with Crippen LogP contribution in [0.25, 0.3) is 0 Å². The van der Waals surface area contributed by atoms with Gasteiger partial charge in [0.1, 0.15) is 0 Å². The first-order valence-electron chi connectivity index (χ1n) is 41.8. The van der Waals surface area contributed by atoms with Crippen LogP contribution in [0.2, 0.25) is 0 Å². The van der Waals surface area contributed by atoms with Crippen molar-refractivity contribution in [3.8, 4) is 58.8 Å². The second-order valence-corrected chi connectivity index (χ2v) is 48.0. The summed E-state index contributed by atoms with van der Waals surface area (Å²) in [6.45, 7) is -4.89. The molecule has 0 spiro atoms. The Kier molecular flexibility index (Phi) is 25.9. The van der Waals surface area contributed by atoms with Crippen molar-refractivity contribution in [2.45, 2.75) is 64.6 Å². The Morgan fingerprint density at radius 1 is 0.164 bits per heavy atom. The Morgan fingerprint density at radius 3 is 0.455 bits per heavy atom. The van der Waals surface area contributed by atoms with Gasteiger partial charge in [-0.05, 0) is 0 Å². The summed E-state index contributed by atoms with van der Waals surface area (Å²) >= 11 is 0. The molecule has 0 radical (unpaired) electrons. The van der Waals surface area contributed by atoms with Gasteiger partial charge in [-0.3, -0.25) is 27.4 Å². The number of hydrogen-bond acceptors (Lipinski definition) is 21. The maximum Gasteiger partial charge on any atom is 0.337 e. The molecule has 0 aliphatic rings. The van der Waals surface area contributed by atoms with Crippen molar-refractivity contribution in [3.05, 3.63) is 416 Å². The van der Waals surface area contributed by atoms with Crippen LogP contribution in [0.15, 0.2) is 388 Å². The number of hydrogen-bond donors (Lipinski definition) is 6. The highest BCUT2D eigenvalue weighted by atomic mass is 31.2. The van der Waals surface area contributed by atoms with Gasteiger partial charge in [0, 0.05) is 63.7 Å². The Balaban J connectivity index is 0.845. The Morgan fingerprint density at radius 2 is 0.284 bits per heavy atom. The molecule has 12 aromatic carbocycles. The van der Waals surface area contributed by atoms with E-state index in [2.05, 4.69) is 0 Å². The summed E-state index contributed by atoms with van der Waals surface area (Å²) in [5, 5.41) is 76.0. The lowest BCUT2D eigenvalue weighted by Crippen LogP contribution is -2.32. The van der Waals surface area contributed by atoms with E-state index in [-0.39, 0.29) is 63.7 Å². The molecule has 37 heteroatoms. The first-order valence-corrected chi connectivity index (χ1v) is 53.2. The van der Waals surface area contributed by atoms with Crippen LogP contribution in [0.1, 0.15) is 0 Å². The fourth-order valence-electron chi connectivity index (χ4n) is 16.2.